The van der Waals surface area contributed by atoms with Crippen molar-refractivity contribution in [1.29, 1.82) is 0 Å². The van der Waals surface area contributed by atoms with E-state index in [0.29, 0.717) is 24.6 Å². The van der Waals surface area contributed by atoms with Gasteiger partial charge in [0, 0.05) is 13.0 Å². The summed E-state index contributed by atoms with van der Waals surface area (Å²) in [5, 5.41) is 3.48. The van der Waals surface area contributed by atoms with E-state index in [9.17, 15) is 4.79 Å². The second kappa shape index (κ2) is 7.27. The van der Waals surface area contributed by atoms with Gasteiger partial charge >= 0.3 is 0 Å². The summed E-state index contributed by atoms with van der Waals surface area (Å²) in [5.41, 5.74) is 2.27. The third kappa shape index (κ3) is 4.22. The van der Waals surface area contributed by atoms with Crippen LogP contribution in [0.3, 0.4) is 0 Å². The van der Waals surface area contributed by atoms with Gasteiger partial charge in [-0.15, -0.1) is 0 Å². The molecule has 1 amide bonds. The summed E-state index contributed by atoms with van der Waals surface area (Å²) in [4.78, 5) is 11.1. The summed E-state index contributed by atoms with van der Waals surface area (Å²) in [6.45, 7) is 7.03. The van der Waals surface area contributed by atoms with E-state index in [1.54, 1.807) is 0 Å². The van der Waals surface area contributed by atoms with E-state index in [2.05, 4.69) is 5.32 Å². The van der Waals surface area contributed by atoms with E-state index in [1.807, 2.05) is 32.9 Å². The van der Waals surface area contributed by atoms with Crippen LogP contribution in [0.15, 0.2) is 12.1 Å². The van der Waals surface area contributed by atoms with Crippen LogP contribution >= 0.6 is 11.6 Å². The van der Waals surface area contributed by atoms with Crippen LogP contribution in [0.1, 0.15) is 31.4 Å². The lowest BCUT2D eigenvalue weighted by Crippen LogP contribution is -2.24. The quantitative estimate of drug-likeness (QED) is 0.862. The number of amides is 1. The van der Waals surface area contributed by atoms with E-state index < -0.39 is 0 Å². The molecule has 0 heterocycles. The summed E-state index contributed by atoms with van der Waals surface area (Å²) in [5.74, 6) is 0.794. The molecule has 0 radical (unpaired) electrons. The molecule has 0 aliphatic heterocycles. The highest BCUT2D eigenvalue weighted by molar-refractivity contribution is 6.32. The summed E-state index contributed by atoms with van der Waals surface area (Å²) in [7, 11) is 0. The minimum atomic E-state index is 0.0738. The highest BCUT2D eigenvalue weighted by atomic mass is 35.5. The highest BCUT2D eigenvalue weighted by Crippen LogP contribution is 2.28. The zero-order valence-corrected chi connectivity index (χ0v) is 11.9. The van der Waals surface area contributed by atoms with Gasteiger partial charge in [0.25, 0.3) is 0 Å². The Morgan fingerprint density at radius 2 is 2.11 bits per heavy atom. The van der Waals surface area contributed by atoms with Crippen LogP contribution in [0, 0.1) is 6.92 Å². The Morgan fingerprint density at radius 1 is 1.39 bits per heavy atom. The van der Waals surface area contributed by atoms with Gasteiger partial charge in [-0.1, -0.05) is 18.5 Å². The second-order valence-corrected chi connectivity index (χ2v) is 4.50. The van der Waals surface area contributed by atoms with Crippen molar-refractivity contribution in [2.75, 3.05) is 13.2 Å². The molecule has 1 aromatic rings. The minimum Gasteiger partial charge on any atom is -0.492 e. The van der Waals surface area contributed by atoms with E-state index in [0.717, 1.165) is 23.3 Å². The maximum atomic E-state index is 11.1. The molecule has 0 atom stereocenters. The van der Waals surface area contributed by atoms with Crippen molar-refractivity contribution in [2.45, 2.75) is 33.6 Å². The van der Waals surface area contributed by atoms with E-state index in [-0.39, 0.29) is 5.91 Å². The molecule has 1 N–H and O–H groups in total. The van der Waals surface area contributed by atoms with Gasteiger partial charge in [0.05, 0.1) is 11.6 Å². The lowest BCUT2D eigenvalue weighted by molar-refractivity contribution is -0.120. The van der Waals surface area contributed by atoms with E-state index in [4.69, 9.17) is 16.3 Å². The summed E-state index contributed by atoms with van der Waals surface area (Å²) in [6, 6.07) is 3.86. The first-order chi connectivity index (χ1) is 8.58. The SMILES string of the molecule is CCOc1cc(C)c(CCNC(=O)CC)cc1Cl. The lowest BCUT2D eigenvalue weighted by atomic mass is 10.1. The van der Waals surface area contributed by atoms with Gasteiger partial charge in [0.15, 0.2) is 0 Å². The number of carbonyl (C=O) groups excluding carboxylic acids is 1. The molecule has 0 unspecified atom stereocenters. The Labute approximate surface area is 113 Å². The molecule has 1 rings (SSSR count). The number of aryl methyl sites for hydroxylation is 1. The summed E-state index contributed by atoms with van der Waals surface area (Å²) in [6.07, 6.45) is 1.30. The van der Waals surface area contributed by atoms with Crippen molar-refractivity contribution in [3.05, 3.63) is 28.3 Å². The van der Waals surface area contributed by atoms with Crippen LogP contribution in [-0.4, -0.2) is 19.1 Å². The van der Waals surface area contributed by atoms with Crippen LogP contribution in [-0.2, 0) is 11.2 Å². The maximum Gasteiger partial charge on any atom is 0.219 e. The van der Waals surface area contributed by atoms with Gasteiger partial charge in [-0.25, -0.2) is 0 Å². The number of hydrogen-bond acceptors (Lipinski definition) is 2. The monoisotopic (exact) mass is 269 g/mol. The molecule has 0 aliphatic carbocycles. The molecule has 0 saturated heterocycles. The molecular formula is C14H20ClNO2. The smallest absolute Gasteiger partial charge is 0.219 e. The van der Waals surface area contributed by atoms with Crippen molar-refractivity contribution in [2.24, 2.45) is 0 Å². The normalized spacial score (nSPS) is 10.2. The maximum absolute atomic E-state index is 11.1. The standard InChI is InChI=1S/C14H20ClNO2/c1-4-14(17)16-7-6-11-9-12(15)13(18-5-2)8-10(11)3/h8-9H,4-7H2,1-3H3,(H,16,17). The van der Waals surface area contributed by atoms with Gasteiger partial charge < -0.3 is 10.1 Å². The Kier molecular flexibility index (Phi) is 5.99. The Hall–Kier alpha value is -1.22. The molecule has 0 saturated carbocycles. The lowest BCUT2D eigenvalue weighted by Gasteiger charge is -2.11. The molecule has 0 fully saturated rings. The third-order valence-electron chi connectivity index (χ3n) is 2.73. The molecule has 0 spiro atoms. The van der Waals surface area contributed by atoms with Gasteiger partial charge in [0.2, 0.25) is 5.91 Å². The van der Waals surface area contributed by atoms with Crippen LogP contribution in [0.25, 0.3) is 0 Å². The molecule has 3 nitrogen and oxygen atoms in total. The number of ether oxygens (including phenoxy) is 1. The fourth-order valence-corrected chi connectivity index (χ4v) is 1.93. The number of rotatable bonds is 6. The summed E-state index contributed by atoms with van der Waals surface area (Å²) >= 11 is 6.14. The predicted octanol–water partition coefficient (Wildman–Crippen LogP) is 3.12. The first-order valence-corrected chi connectivity index (χ1v) is 6.64. The first kappa shape index (κ1) is 14.8. The Balaban J connectivity index is 2.66. The van der Waals surface area contributed by atoms with Gasteiger partial charge in [-0.05, 0) is 43.5 Å². The van der Waals surface area contributed by atoms with E-state index in [1.165, 1.54) is 0 Å². The molecule has 0 aliphatic rings. The molecule has 0 bridgehead atoms. The average molecular weight is 270 g/mol. The van der Waals surface area contributed by atoms with Crippen LogP contribution in [0.2, 0.25) is 5.02 Å². The molecule has 1 aromatic carbocycles. The largest absolute Gasteiger partial charge is 0.492 e. The van der Waals surface area contributed by atoms with Gasteiger partial charge in [-0.3, -0.25) is 4.79 Å². The molecule has 100 valence electrons. The van der Waals surface area contributed by atoms with Crippen molar-refractivity contribution in [3.8, 4) is 5.75 Å². The summed E-state index contributed by atoms with van der Waals surface area (Å²) < 4.78 is 5.43. The molecule has 4 heteroatoms. The number of hydrogen-bond donors (Lipinski definition) is 1. The third-order valence-corrected chi connectivity index (χ3v) is 3.02. The van der Waals surface area contributed by atoms with E-state index >= 15 is 0 Å². The number of nitrogens with one attached hydrogen (secondary N) is 1. The fraction of sp³-hybridized carbons (Fsp3) is 0.500. The van der Waals surface area contributed by atoms with Gasteiger partial charge in [-0.2, -0.15) is 0 Å². The molecule has 18 heavy (non-hydrogen) atoms. The Morgan fingerprint density at radius 3 is 2.72 bits per heavy atom. The predicted molar refractivity (Wildman–Crippen MR) is 74.4 cm³/mol. The van der Waals surface area contributed by atoms with Crippen LogP contribution in [0.4, 0.5) is 0 Å². The number of benzene rings is 1. The second-order valence-electron chi connectivity index (χ2n) is 4.10. The number of halogens is 1. The van der Waals surface area contributed by atoms with Crippen molar-refractivity contribution in [1.82, 2.24) is 5.32 Å². The van der Waals surface area contributed by atoms with Crippen LogP contribution < -0.4 is 10.1 Å². The first-order valence-electron chi connectivity index (χ1n) is 6.27. The highest BCUT2D eigenvalue weighted by Gasteiger charge is 2.07. The van der Waals surface area contributed by atoms with Crippen molar-refractivity contribution in [3.63, 3.8) is 0 Å². The molecule has 0 aromatic heterocycles. The van der Waals surface area contributed by atoms with Crippen LogP contribution in [0.5, 0.6) is 5.75 Å². The average Bonchev–Trinajstić information content (AvgIpc) is 2.35. The van der Waals surface area contributed by atoms with Crippen molar-refractivity contribution < 1.29 is 9.53 Å². The molecular weight excluding hydrogens is 250 g/mol. The topological polar surface area (TPSA) is 38.3 Å². The van der Waals surface area contributed by atoms with Crippen molar-refractivity contribution >= 4 is 17.5 Å². The fourth-order valence-electron chi connectivity index (χ4n) is 1.69. The number of carbonyl (C=O) groups is 1. The minimum absolute atomic E-state index is 0.0738. The zero-order chi connectivity index (χ0) is 13.5. The Bertz CT molecular complexity index is 419. The van der Waals surface area contributed by atoms with Gasteiger partial charge in [0.1, 0.15) is 5.75 Å². The zero-order valence-electron chi connectivity index (χ0n) is 11.2.